The molecule has 3 nitrogen and oxygen atoms in total. The quantitative estimate of drug-likeness (QED) is 0.908. The van der Waals surface area contributed by atoms with Gasteiger partial charge in [-0.05, 0) is 48.2 Å². The summed E-state index contributed by atoms with van der Waals surface area (Å²) >= 11 is 0. The van der Waals surface area contributed by atoms with Crippen LogP contribution in [-0.4, -0.2) is 14.2 Å². The van der Waals surface area contributed by atoms with Gasteiger partial charge in [-0.3, -0.25) is 0 Å². The number of benzene rings is 2. The standard InChI is InChI=1S/C17H21NO2/c1-12-7-8-14(11-17(12)20-3)16(18)10-13-5-4-6-15(9-13)19-2/h4-9,11,16H,10,18H2,1-3H3. The van der Waals surface area contributed by atoms with Gasteiger partial charge in [0, 0.05) is 6.04 Å². The van der Waals surface area contributed by atoms with Crippen molar-refractivity contribution in [2.45, 2.75) is 19.4 Å². The van der Waals surface area contributed by atoms with E-state index in [0.29, 0.717) is 0 Å². The maximum atomic E-state index is 6.30. The van der Waals surface area contributed by atoms with Gasteiger partial charge < -0.3 is 15.2 Å². The monoisotopic (exact) mass is 271 g/mol. The molecule has 0 fully saturated rings. The predicted molar refractivity (Wildman–Crippen MR) is 81.4 cm³/mol. The average molecular weight is 271 g/mol. The van der Waals surface area contributed by atoms with E-state index < -0.39 is 0 Å². The van der Waals surface area contributed by atoms with Gasteiger partial charge in [-0.1, -0.05) is 24.3 Å². The molecule has 0 spiro atoms. The van der Waals surface area contributed by atoms with Crippen LogP contribution < -0.4 is 15.2 Å². The molecule has 0 bridgehead atoms. The maximum Gasteiger partial charge on any atom is 0.122 e. The molecule has 0 aliphatic heterocycles. The van der Waals surface area contributed by atoms with Crippen molar-refractivity contribution in [1.29, 1.82) is 0 Å². The Hall–Kier alpha value is -2.00. The number of aryl methyl sites for hydroxylation is 1. The van der Waals surface area contributed by atoms with Gasteiger partial charge in [0.05, 0.1) is 14.2 Å². The molecule has 1 atom stereocenters. The first-order valence-electron chi connectivity index (χ1n) is 6.67. The highest BCUT2D eigenvalue weighted by Crippen LogP contribution is 2.25. The average Bonchev–Trinajstić information content (AvgIpc) is 2.47. The number of methoxy groups -OCH3 is 2. The van der Waals surface area contributed by atoms with Crippen LogP contribution in [0.3, 0.4) is 0 Å². The van der Waals surface area contributed by atoms with Crippen molar-refractivity contribution < 1.29 is 9.47 Å². The minimum atomic E-state index is -0.0587. The highest BCUT2D eigenvalue weighted by atomic mass is 16.5. The Morgan fingerprint density at radius 2 is 1.85 bits per heavy atom. The van der Waals surface area contributed by atoms with E-state index in [0.717, 1.165) is 34.6 Å². The molecule has 2 rings (SSSR count). The second kappa shape index (κ2) is 6.44. The topological polar surface area (TPSA) is 44.5 Å². The largest absolute Gasteiger partial charge is 0.497 e. The number of nitrogens with two attached hydrogens (primary N) is 1. The predicted octanol–water partition coefficient (Wildman–Crippen LogP) is 3.25. The van der Waals surface area contributed by atoms with Crippen LogP contribution in [0.4, 0.5) is 0 Å². The molecule has 20 heavy (non-hydrogen) atoms. The zero-order valence-electron chi connectivity index (χ0n) is 12.2. The molecule has 3 heteroatoms. The highest BCUT2D eigenvalue weighted by Gasteiger charge is 2.10. The summed E-state index contributed by atoms with van der Waals surface area (Å²) in [7, 11) is 3.35. The van der Waals surface area contributed by atoms with Gasteiger partial charge in [-0.15, -0.1) is 0 Å². The number of ether oxygens (including phenoxy) is 2. The second-order valence-electron chi connectivity index (χ2n) is 4.89. The normalized spacial score (nSPS) is 12.0. The molecular formula is C17H21NO2. The maximum absolute atomic E-state index is 6.30. The third-order valence-corrected chi connectivity index (χ3v) is 3.45. The molecule has 0 heterocycles. The summed E-state index contributed by atoms with van der Waals surface area (Å²) < 4.78 is 10.6. The Morgan fingerprint density at radius 1 is 1.05 bits per heavy atom. The molecule has 2 aromatic rings. The minimum Gasteiger partial charge on any atom is -0.497 e. The lowest BCUT2D eigenvalue weighted by atomic mass is 9.98. The van der Waals surface area contributed by atoms with E-state index in [1.807, 2.05) is 37.3 Å². The van der Waals surface area contributed by atoms with Gasteiger partial charge in [0.1, 0.15) is 11.5 Å². The number of hydrogen-bond donors (Lipinski definition) is 1. The van der Waals surface area contributed by atoms with Crippen LogP contribution in [0.2, 0.25) is 0 Å². The first kappa shape index (κ1) is 14.4. The van der Waals surface area contributed by atoms with E-state index in [4.69, 9.17) is 15.2 Å². The molecule has 106 valence electrons. The Kier molecular flexibility index (Phi) is 4.64. The van der Waals surface area contributed by atoms with E-state index in [-0.39, 0.29) is 6.04 Å². The summed E-state index contributed by atoms with van der Waals surface area (Å²) in [6.07, 6.45) is 0.767. The Balaban J connectivity index is 2.16. The van der Waals surface area contributed by atoms with Crippen LogP contribution >= 0.6 is 0 Å². The molecule has 2 N–H and O–H groups in total. The van der Waals surface area contributed by atoms with Crippen LogP contribution in [0.15, 0.2) is 42.5 Å². The van der Waals surface area contributed by atoms with Gasteiger partial charge >= 0.3 is 0 Å². The fourth-order valence-corrected chi connectivity index (χ4v) is 2.24. The van der Waals surface area contributed by atoms with Crippen molar-refractivity contribution in [3.05, 3.63) is 59.2 Å². The third kappa shape index (κ3) is 3.31. The van der Waals surface area contributed by atoms with E-state index in [1.54, 1.807) is 14.2 Å². The fourth-order valence-electron chi connectivity index (χ4n) is 2.24. The lowest BCUT2D eigenvalue weighted by molar-refractivity contribution is 0.410. The fraction of sp³-hybridized carbons (Fsp3) is 0.294. The Morgan fingerprint density at radius 3 is 2.55 bits per heavy atom. The van der Waals surface area contributed by atoms with Crippen molar-refractivity contribution in [2.24, 2.45) is 5.73 Å². The first-order valence-corrected chi connectivity index (χ1v) is 6.67. The summed E-state index contributed by atoms with van der Waals surface area (Å²) in [5.74, 6) is 1.74. The lowest BCUT2D eigenvalue weighted by Gasteiger charge is -2.15. The summed E-state index contributed by atoms with van der Waals surface area (Å²) in [4.78, 5) is 0. The molecule has 0 aromatic heterocycles. The highest BCUT2D eigenvalue weighted by molar-refractivity contribution is 5.38. The molecule has 1 unspecified atom stereocenters. The molecular weight excluding hydrogens is 250 g/mol. The number of hydrogen-bond acceptors (Lipinski definition) is 3. The van der Waals surface area contributed by atoms with Crippen LogP contribution in [0.1, 0.15) is 22.7 Å². The van der Waals surface area contributed by atoms with Crippen LogP contribution in [0, 0.1) is 6.92 Å². The lowest BCUT2D eigenvalue weighted by Crippen LogP contribution is -2.13. The second-order valence-corrected chi connectivity index (χ2v) is 4.89. The van der Waals surface area contributed by atoms with Crippen molar-refractivity contribution in [3.8, 4) is 11.5 Å². The molecule has 0 radical (unpaired) electrons. The van der Waals surface area contributed by atoms with E-state index >= 15 is 0 Å². The van der Waals surface area contributed by atoms with E-state index in [1.165, 1.54) is 0 Å². The molecule has 0 aliphatic carbocycles. The van der Waals surface area contributed by atoms with Crippen LogP contribution in [-0.2, 0) is 6.42 Å². The van der Waals surface area contributed by atoms with E-state index in [9.17, 15) is 0 Å². The molecule has 2 aromatic carbocycles. The summed E-state index contributed by atoms with van der Waals surface area (Å²) in [6.45, 7) is 2.02. The van der Waals surface area contributed by atoms with Crippen molar-refractivity contribution in [2.75, 3.05) is 14.2 Å². The zero-order chi connectivity index (χ0) is 14.5. The number of rotatable bonds is 5. The molecule has 0 saturated heterocycles. The third-order valence-electron chi connectivity index (χ3n) is 3.45. The minimum absolute atomic E-state index is 0.0587. The van der Waals surface area contributed by atoms with Gasteiger partial charge in [0.2, 0.25) is 0 Å². The van der Waals surface area contributed by atoms with Crippen molar-refractivity contribution >= 4 is 0 Å². The van der Waals surface area contributed by atoms with Gasteiger partial charge in [0.15, 0.2) is 0 Å². The summed E-state index contributed by atoms with van der Waals surface area (Å²) in [5.41, 5.74) is 9.65. The van der Waals surface area contributed by atoms with Crippen LogP contribution in [0.5, 0.6) is 11.5 Å². The van der Waals surface area contributed by atoms with Crippen LogP contribution in [0.25, 0.3) is 0 Å². The summed E-state index contributed by atoms with van der Waals surface area (Å²) in [6, 6.07) is 14.1. The zero-order valence-corrected chi connectivity index (χ0v) is 12.2. The Labute approximate surface area is 120 Å². The van der Waals surface area contributed by atoms with Gasteiger partial charge in [0.25, 0.3) is 0 Å². The molecule has 0 aliphatic rings. The van der Waals surface area contributed by atoms with Gasteiger partial charge in [-0.2, -0.15) is 0 Å². The smallest absolute Gasteiger partial charge is 0.122 e. The van der Waals surface area contributed by atoms with Crippen molar-refractivity contribution in [3.63, 3.8) is 0 Å². The van der Waals surface area contributed by atoms with Gasteiger partial charge in [-0.25, -0.2) is 0 Å². The van der Waals surface area contributed by atoms with Crippen molar-refractivity contribution in [1.82, 2.24) is 0 Å². The Bertz CT molecular complexity index is 581. The first-order chi connectivity index (χ1) is 9.63. The summed E-state index contributed by atoms with van der Waals surface area (Å²) in [5, 5.41) is 0. The molecule has 0 saturated carbocycles. The van der Waals surface area contributed by atoms with E-state index in [2.05, 4.69) is 12.1 Å². The SMILES string of the molecule is COc1cccc(CC(N)c2ccc(C)c(OC)c2)c1. The molecule has 0 amide bonds.